The molecule has 1 saturated heterocycles. The summed E-state index contributed by atoms with van der Waals surface area (Å²) in [7, 11) is 1.67. The number of benzene rings is 1. The third-order valence-electron chi connectivity index (χ3n) is 5.34. The van der Waals surface area contributed by atoms with Crippen molar-refractivity contribution in [3.05, 3.63) is 46.8 Å². The van der Waals surface area contributed by atoms with Gasteiger partial charge < -0.3 is 14.6 Å². The molecule has 1 fully saturated rings. The van der Waals surface area contributed by atoms with E-state index in [0.29, 0.717) is 18.7 Å². The minimum absolute atomic E-state index is 0.0000730. The zero-order chi connectivity index (χ0) is 19.2. The Hall–Kier alpha value is -2.34. The number of piperidine rings is 1. The summed E-state index contributed by atoms with van der Waals surface area (Å²) in [6, 6.07) is 8.33. The van der Waals surface area contributed by atoms with Crippen LogP contribution in [0.15, 0.2) is 28.8 Å². The van der Waals surface area contributed by atoms with Gasteiger partial charge in [0.2, 0.25) is 5.91 Å². The van der Waals surface area contributed by atoms with Crippen molar-refractivity contribution < 1.29 is 14.1 Å². The summed E-state index contributed by atoms with van der Waals surface area (Å²) >= 11 is 0. The molecular weight excluding hydrogens is 342 g/mol. The fraction of sp³-hybridized carbons (Fsp3) is 0.524. The third-order valence-corrected chi connectivity index (χ3v) is 5.34. The topological polar surface area (TPSA) is 67.6 Å². The lowest BCUT2D eigenvalue weighted by molar-refractivity contribution is -0.120. The molecule has 1 N–H and O–H groups in total. The van der Waals surface area contributed by atoms with Crippen LogP contribution in [-0.4, -0.2) is 42.7 Å². The third kappa shape index (κ3) is 4.89. The maximum absolute atomic E-state index is 12.5. The number of hydrogen-bond acceptors (Lipinski definition) is 5. The van der Waals surface area contributed by atoms with Gasteiger partial charge in [0.25, 0.3) is 0 Å². The van der Waals surface area contributed by atoms with Gasteiger partial charge in [-0.25, -0.2) is 0 Å². The molecule has 0 spiro atoms. The largest absolute Gasteiger partial charge is 0.497 e. The molecule has 6 nitrogen and oxygen atoms in total. The van der Waals surface area contributed by atoms with Crippen molar-refractivity contribution in [3.8, 4) is 5.75 Å². The van der Waals surface area contributed by atoms with Crippen molar-refractivity contribution in [1.29, 1.82) is 0 Å². The van der Waals surface area contributed by atoms with E-state index in [-0.39, 0.29) is 11.9 Å². The molecule has 27 heavy (non-hydrogen) atoms. The van der Waals surface area contributed by atoms with Crippen LogP contribution in [0.2, 0.25) is 0 Å². The van der Waals surface area contributed by atoms with Gasteiger partial charge in [-0.1, -0.05) is 23.7 Å². The summed E-state index contributed by atoms with van der Waals surface area (Å²) < 4.78 is 10.4. The molecule has 0 saturated carbocycles. The number of nitrogens with zero attached hydrogens (tertiary/aromatic N) is 2. The van der Waals surface area contributed by atoms with Crippen molar-refractivity contribution in [2.45, 2.75) is 45.6 Å². The first-order valence-corrected chi connectivity index (χ1v) is 9.65. The number of methoxy groups -OCH3 is 1. The number of carbonyl (C=O) groups excluding carboxylic acids is 1. The average molecular weight is 371 g/mol. The number of ether oxygens (including phenoxy) is 1. The number of likely N-dealkylation sites (tertiary alicyclic amines) is 1. The summed E-state index contributed by atoms with van der Waals surface area (Å²) in [4.78, 5) is 15.0. The van der Waals surface area contributed by atoms with Crippen molar-refractivity contribution >= 4 is 5.91 Å². The molecule has 1 atom stereocenters. The molecule has 1 unspecified atom stereocenters. The van der Waals surface area contributed by atoms with E-state index in [0.717, 1.165) is 30.1 Å². The Morgan fingerprint density at radius 1 is 1.22 bits per heavy atom. The van der Waals surface area contributed by atoms with E-state index in [2.05, 4.69) is 27.5 Å². The van der Waals surface area contributed by atoms with Crippen LogP contribution in [0.1, 0.15) is 47.9 Å². The molecule has 1 aromatic heterocycles. The van der Waals surface area contributed by atoms with Gasteiger partial charge in [-0.05, 0) is 57.5 Å². The Morgan fingerprint density at radius 3 is 2.52 bits per heavy atom. The first-order valence-electron chi connectivity index (χ1n) is 9.65. The lowest BCUT2D eigenvalue weighted by Gasteiger charge is -2.35. The monoisotopic (exact) mass is 371 g/mol. The molecule has 0 bridgehead atoms. The standard InChI is InChI=1S/C21H29N3O3/c1-15-19(16(2)27-23-15)13-21(25)22-14-20(24-11-5-4-6-12-24)17-7-9-18(26-3)10-8-17/h7-10,20H,4-6,11-14H2,1-3H3,(H,22,25). The van der Waals surface area contributed by atoms with Gasteiger partial charge in [-0.2, -0.15) is 0 Å². The highest BCUT2D eigenvalue weighted by molar-refractivity contribution is 5.79. The molecule has 146 valence electrons. The summed E-state index contributed by atoms with van der Waals surface area (Å²) in [6.45, 7) is 6.44. The summed E-state index contributed by atoms with van der Waals surface area (Å²) in [5, 5.41) is 7.05. The van der Waals surface area contributed by atoms with Crippen LogP contribution in [0.5, 0.6) is 5.75 Å². The number of nitrogens with one attached hydrogen (secondary N) is 1. The number of rotatable bonds is 7. The van der Waals surface area contributed by atoms with E-state index in [4.69, 9.17) is 9.26 Å². The molecule has 6 heteroatoms. The summed E-state index contributed by atoms with van der Waals surface area (Å²) in [6.07, 6.45) is 4.00. The molecule has 1 aliphatic heterocycles. The Bertz CT molecular complexity index is 729. The fourth-order valence-electron chi connectivity index (χ4n) is 3.70. The molecule has 1 amide bonds. The Morgan fingerprint density at radius 2 is 1.93 bits per heavy atom. The van der Waals surface area contributed by atoms with E-state index < -0.39 is 0 Å². The molecule has 0 radical (unpaired) electrons. The van der Waals surface area contributed by atoms with Gasteiger partial charge in [-0.15, -0.1) is 0 Å². The van der Waals surface area contributed by atoms with Crippen LogP contribution >= 0.6 is 0 Å². The SMILES string of the molecule is COc1ccc(C(CNC(=O)Cc2c(C)noc2C)N2CCCCC2)cc1. The molecule has 1 aliphatic rings. The second-order valence-electron chi connectivity index (χ2n) is 7.17. The smallest absolute Gasteiger partial charge is 0.224 e. The Balaban J connectivity index is 1.67. The van der Waals surface area contributed by atoms with Crippen LogP contribution in [0.3, 0.4) is 0 Å². The molecular formula is C21H29N3O3. The van der Waals surface area contributed by atoms with E-state index in [1.54, 1.807) is 7.11 Å². The van der Waals surface area contributed by atoms with Crippen molar-refractivity contribution in [3.63, 3.8) is 0 Å². The van der Waals surface area contributed by atoms with Crippen LogP contribution < -0.4 is 10.1 Å². The second kappa shape index (κ2) is 9.04. The van der Waals surface area contributed by atoms with Crippen LogP contribution in [0.4, 0.5) is 0 Å². The van der Waals surface area contributed by atoms with Gasteiger partial charge in [0, 0.05) is 12.1 Å². The van der Waals surface area contributed by atoms with Crippen LogP contribution in [0, 0.1) is 13.8 Å². The molecule has 1 aromatic carbocycles. The summed E-state index contributed by atoms with van der Waals surface area (Å²) in [5.74, 6) is 1.56. The molecule has 2 aromatic rings. The highest BCUT2D eigenvalue weighted by Crippen LogP contribution is 2.26. The molecule has 0 aliphatic carbocycles. The van der Waals surface area contributed by atoms with Crippen LogP contribution in [0.25, 0.3) is 0 Å². The molecule has 2 heterocycles. The number of aryl methyl sites for hydroxylation is 2. The second-order valence-corrected chi connectivity index (χ2v) is 7.17. The van der Waals surface area contributed by atoms with Gasteiger partial charge >= 0.3 is 0 Å². The van der Waals surface area contributed by atoms with Crippen molar-refractivity contribution in [1.82, 2.24) is 15.4 Å². The van der Waals surface area contributed by atoms with Crippen molar-refractivity contribution in [2.24, 2.45) is 0 Å². The zero-order valence-corrected chi connectivity index (χ0v) is 16.5. The predicted octanol–water partition coefficient (Wildman–Crippen LogP) is 3.19. The normalized spacial score (nSPS) is 16.1. The maximum atomic E-state index is 12.5. The lowest BCUT2D eigenvalue weighted by atomic mass is 10.0. The minimum atomic E-state index is -0.0000730. The predicted molar refractivity (Wildman–Crippen MR) is 104 cm³/mol. The number of carbonyl (C=O) groups is 1. The first kappa shape index (κ1) is 19.4. The summed E-state index contributed by atoms with van der Waals surface area (Å²) in [5.41, 5.74) is 2.87. The maximum Gasteiger partial charge on any atom is 0.224 e. The minimum Gasteiger partial charge on any atom is -0.497 e. The number of aromatic nitrogens is 1. The fourth-order valence-corrected chi connectivity index (χ4v) is 3.70. The average Bonchev–Trinajstić information content (AvgIpc) is 3.01. The van der Waals surface area contributed by atoms with Crippen LogP contribution in [-0.2, 0) is 11.2 Å². The van der Waals surface area contributed by atoms with E-state index in [9.17, 15) is 4.79 Å². The highest BCUT2D eigenvalue weighted by Gasteiger charge is 2.23. The molecule has 3 rings (SSSR count). The Kier molecular flexibility index (Phi) is 6.50. The lowest BCUT2D eigenvalue weighted by Crippen LogP contribution is -2.41. The van der Waals surface area contributed by atoms with Gasteiger partial charge in [-0.3, -0.25) is 9.69 Å². The number of amides is 1. The highest BCUT2D eigenvalue weighted by atomic mass is 16.5. The van der Waals surface area contributed by atoms with Gasteiger partial charge in [0.15, 0.2) is 0 Å². The van der Waals surface area contributed by atoms with Gasteiger partial charge in [0.05, 0.1) is 25.3 Å². The zero-order valence-electron chi connectivity index (χ0n) is 16.5. The van der Waals surface area contributed by atoms with E-state index in [1.807, 2.05) is 26.0 Å². The first-order chi connectivity index (χ1) is 13.1. The Labute approximate surface area is 160 Å². The quantitative estimate of drug-likeness (QED) is 0.810. The number of hydrogen-bond donors (Lipinski definition) is 1. The van der Waals surface area contributed by atoms with E-state index >= 15 is 0 Å². The van der Waals surface area contributed by atoms with Gasteiger partial charge in [0.1, 0.15) is 11.5 Å². The van der Waals surface area contributed by atoms with Crippen molar-refractivity contribution in [2.75, 3.05) is 26.7 Å². The van der Waals surface area contributed by atoms with E-state index in [1.165, 1.54) is 24.8 Å².